The van der Waals surface area contributed by atoms with Gasteiger partial charge in [0.15, 0.2) is 15.1 Å². The third-order valence-corrected chi connectivity index (χ3v) is 8.79. The summed E-state index contributed by atoms with van der Waals surface area (Å²) in [5, 5.41) is 5.88. The van der Waals surface area contributed by atoms with Crippen molar-refractivity contribution in [2.24, 2.45) is 0 Å². The van der Waals surface area contributed by atoms with Crippen molar-refractivity contribution in [1.82, 2.24) is 20.6 Å². The number of fused-ring (bicyclic) bond motifs is 1. The molecule has 14 heteroatoms. The highest BCUT2D eigenvalue weighted by Crippen LogP contribution is 2.35. The number of aromatic nitrogens is 2. The van der Waals surface area contributed by atoms with Crippen molar-refractivity contribution in [2.45, 2.75) is 30.7 Å². The van der Waals surface area contributed by atoms with Crippen LogP contribution in [0.1, 0.15) is 28.7 Å². The number of sulfone groups is 1. The summed E-state index contributed by atoms with van der Waals surface area (Å²) in [6.07, 6.45) is 3.32. The number of nitrogens with one attached hydrogen (secondary N) is 3. The number of anilines is 1. The highest BCUT2D eigenvalue weighted by molar-refractivity contribution is 7.91. The summed E-state index contributed by atoms with van der Waals surface area (Å²) < 4.78 is 45.8. The van der Waals surface area contributed by atoms with Crippen LogP contribution in [-0.4, -0.2) is 55.1 Å². The number of rotatable bonds is 10. The van der Waals surface area contributed by atoms with Crippen molar-refractivity contribution in [1.29, 1.82) is 0 Å². The average Bonchev–Trinajstić information content (AvgIpc) is 3.67. The molecule has 3 N–H and O–H groups in total. The Kier molecular flexibility index (Phi) is 8.45. The maximum absolute atomic E-state index is 15.1. The number of carbonyl (C=O) groups is 3. The minimum absolute atomic E-state index is 0.0455. The summed E-state index contributed by atoms with van der Waals surface area (Å²) in [5.41, 5.74) is 1.57. The van der Waals surface area contributed by atoms with Gasteiger partial charge in [-0.25, -0.2) is 27.6 Å². The zero-order chi connectivity index (χ0) is 29.9. The molecule has 1 fully saturated rings. The number of ether oxygens (including phenoxy) is 1. The first kappa shape index (κ1) is 29.1. The number of hydrogen-bond acceptors (Lipinski definition) is 9. The first-order chi connectivity index (χ1) is 20.1. The van der Waals surface area contributed by atoms with Gasteiger partial charge in [-0.15, -0.1) is 11.3 Å². The first-order valence-electron chi connectivity index (χ1n) is 12.9. The van der Waals surface area contributed by atoms with Gasteiger partial charge in [0.05, 0.1) is 16.8 Å². The third-order valence-electron chi connectivity index (χ3n) is 6.27. The van der Waals surface area contributed by atoms with Gasteiger partial charge in [-0.3, -0.25) is 14.9 Å². The van der Waals surface area contributed by atoms with Crippen LogP contribution in [0.3, 0.4) is 0 Å². The number of thiazole rings is 1. The number of halogens is 1. The fourth-order valence-electron chi connectivity index (χ4n) is 4.05. The van der Waals surface area contributed by atoms with Gasteiger partial charge in [-0.1, -0.05) is 30.3 Å². The van der Waals surface area contributed by atoms with Crippen LogP contribution < -0.4 is 16.0 Å². The molecule has 1 saturated carbocycles. The zero-order valence-corrected chi connectivity index (χ0v) is 23.9. The molecule has 2 aromatic heterocycles. The monoisotopic (exact) mass is 611 g/mol. The van der Waals surface area contributed by atoms with Crippen LogP contribution in [0.5, 0.6) is 0 Å². The Morgan fingerprint density at radius 3 is 2.55 bits per heavy atom. The van der Waals surface area contributed by atoms with Crippen LogP contribution in [-0.2, 0) is 30.8 Å². The first-order valence-corrected chi connectivity index (χ1v) is 15.6. The zero-order valence-electron chi connectivity index (χ0n) is 22.3. The van der Waals surface area contributed by atoms with E-state index in [1.54, 1.807) is 6.07 Å². The van der Waals surface area contributed by atoms with Gasteiger partial charge in [0.2, 0.25) is 11.8 Å². The largest absolute Gasteiger partial charge is 0.444 e. The van der Waals surface area contributed by atoms with Crippen molar-refractivity contribution < 1.29 is 31.9 Å². The predicted octanol–water partition coefficient (Wildman–Crippen LogP) is 3.73. The molecule has 0 saturated heterocycles. The molecule has 11 nitrogen and oxygen atoms in total. The van der Waals surface area contributed by atoms with E-state index in [1.807, 2.05) is 30.3 Å². The Morgan fingerprint density at radius 1 is 1.12 bits per heavy atom. The minimum Gasteiger partial charge on any atom is -0.444 e. The van der Waals surface area contributed by atoms with E-state index in [1.165, 1.54) is 18.3 Å². The Labute approximate surface area is 244 Å². The number of pyridine rings is 1. The third kappa shape index (κ3) is 7.25. The van der Waals surface area contributed by atoms with Gasteiger partial charge in [0, 0.05) is 35.7 Å². The van der Waals surface area contributed by atoms with Crippen molar-refractivity contribution in [3.63, 3.8) is 0 Å². The standard InChI is InChI=1S/C28H26FN5O6S2/c1-42(38,39)25(26(36)31-14-24(35)32-18-8-9-18)27-33-21-12-20(29)19(11-22(21)41-27)17-7-10-23(30-13-17)34-28(37)40-15-16-5-3-2-4-6-16/h2-7,10-13,18,25H,8-9,14-15H2,1H3,(H,31,36)(H,32,35)(H,30,34,37). The van der Waals surface area contributed by atoms with Crippen LogP contribution in [0.2, 0.25) is 0 Å². The molecule has 1 unspecified atom stereocenters. The molecule has 3 amide bonds. The lowest BCUT2D eigenvalue weighted by atomic mass is 10.1. The Balaban J connectivity index is 1.29. The minimum atomic E-state index is -3.98. The van der Waals surface area contributed by atoms with E-state index < -0.39 is 38.8 Å². The Hall–Kier alpha value is -4.43. The molecule has 2 aromatic carbocycles. The van der Waals surface area contributed by atoms with Gasteiger partial charge in [-0.2, -0.15) is 0 Å². The fourth-order valence-corrected chi connectivity index (χ4v) is 6.58. The number of nitrogens with zero attached hydrogens (tertiary/aromatic N) is 2. The summed E-state index contributed by atoms with van der Waals surface area (Å²) in [6.45, 7) is -0.280. The van der Waals surface area contributed by atoms with Crippen LogP contribution in [0, 0.1) is 5.82 Å². The van der Waals surface area contributed by atoms with Crippen molar-refractivity contribution in [3.05, 3.63) is 77.2 Å². The molecular weight excluding hydrogens is 585 g/mol. The lowest BCUT2D eigenvalue weighted by molar-refractivity contribution is -0.126. The van der Waals surface area contributed by atoms with Gasteiger partial charge >= 0.3 is 6.09 Å². The quantitative estimate of drug-likeness (QED) is 0.245. The summed E-state index contributed by atoms with van der Waals surface area (Å²) in [4.78, 5) is 45.3. The smallest absolute Gasteiger partial charge is 0.413 e. The number of amides is 3. The van der Waals surface area contributed by atoms with Gasteiger partial charge in [-0.05, 0) is 36.6 Å². The summed E-state index contributed by atoms with van der Waals surface area (Å²) in [7, 11) is -3.98. The van der Waals surface area contributed by atoms with Crippen LogP contribution in [0.4, 0.5) is 15.0 Å². The van der Waals surface area contributed by atoms with Crippen LogP contribution in [0.15, 0.2) is 60.8 Å². The topological polar surface area (TPSA) is 156 Å². The van der Waals surface area contributed by atoms with Gasteiger partial charge in [0.25, 0.3) is 0 Å². The summed E-state index contributed by atoms with van der Waals surface area (Å²) in [5.74, 6) is -1.74. The highest BCUT2D eigenvalue weighted by atomic mass is 32.2. The molecule has 1 atom stereocenters. The average molecular weight is 612 g/mol. The molecule has 2 heterocycles. The SMILES string of the molecule is CS(=O)(=O)C(C(=O)NCC(=O)NC1CC1)c1nc2cc(F)c(-c3ccc(NC(=O)OCc4ccccc4)nc3)cc2s1. The predicted molar refractivity (Wildman–Crippen MR) is 155 cm³/mol. The molecule has 42 heavy (non-hydrogen) atoms. The lowest BCUT2D eigenvalue weighted by Crippen LogP contribution is -2.41. The van der Waals surface area contributed by atoms with Crippen LogP contribution >= 0.6 is 11.3 Å². The van der Waals surface area contributed by atoms with Gasteiger partial charge in [0.1, 0.15) is 23.2 Å². The Bertz CT molecular complexity index is 1740. The van der Waals surface area contributed by atoms with Crippen molar-refractivity contribution >= 4 is 55.1 Å². The highest BCUT2D eigenvalue weighted by Gasteiger charge is 2.34. The molecule has 1 aliphatic carbocycles. The number of hydrogen-bond donors (Lipinski definition) is 3. The van der Waals surface area contributed by atoms with E-state index in [4.69, 9.17) is 4.74 Å². The van der Waals surface area contributed by atoms with E-state index in [-0.39, 0.29) is 41.1 Å². The number of benzene rings is 2. The van der Waals surface area contributed by atoms with Crippen molar-refractivity contribution in [3.8, 4) is 11.1 Å². The second-order valence-corrected chi connectivity index (χ2v) is 12.9. The Morgan fingerprint density at radius 2 is 1.88 bits per heavy atom. The van der Waals surface area contributed by atoms with Gasteiger partial charge < -0.3 is 15.4 Å². The van der Waals surface area contributed by atoms with E-state index in [0.717, 1.165) is 42.1 Å². The molecule has 0 radical (unpaired) electrons. The normalized spacial score (nSPS) is 13.8. The fraction of sp³-hybridized carbons (Fsp3) is 0.250. The summed E-state index contributed by atoms with van der Waals surface area (Å²) >= 11 is 0.936. The summed E-state index contributed by atoms with van der Waals surface area (Å²) in [6, 6.07) is 15.0. The molecule has 0 aliphatic heterocycles. The molecular formula is C28H26FN5O6S2. The van der Waals surface area contributed by atoms with E-state index in [9.17, 15) is 22.8 Å². The maximum Gasteiger partial charge on any atom is 0.413 e. The molecule has 4 aromatic rings. The molecule has 1 aliphatic rings. The van der Waals surface area contributed by atoms with E-state index in [0.29, 0.717) is 10.3 Å². The molecule has 0 spiro atoms. The van der Waals surface area contributed by atoms with Crippen LogP contribution in [0.25, 0.3) is 21.3 Å². The molecule has 0 bridgehead atoms. The molecule has 5 rings (SSSR count). The van der Waals surface area contributed by atoms with E-state index >= 15 is 4.39 Å². The lowest BCUT2D eigenvalue weighted by Gasteiger charge is -2.12. The maximum atomic E-state index is 15.1. The molecule has 218 valence electrons. The second kappa shape index (κ2) is 12.2. The van der Waals surface area contributed by atoms with E-state index in [2.05, 4.69) is 25.9 Å². The second-order valence-electron chi connectivity index (χ2n) is 9.74. The van der Waals surface area contributed by atoms with Crippen molar-refractivity contribution in [2.75, 3.05) is 18.1 Å². The number of carbonyl (C=O) groups excluding carboxylic acids is 3.